The lowest BCUT2D eigenvalue weighted by molar-refractivity contribution is -0.305. The van der Waals surface area contributed by atoms with Crippen LogP contribution in [0.3, 0.4) is 0 Å². The number of hydrogen-bond acceptors (Lipinski definition) is 4. The average molecular weight is 284 g/mol. The fraction of sp³-hybridized carbons (Fsp3) is 0.125. The van der Waals surface area contributed by atoms with Crippen molar-refractivity contribution in [2.75, 3.05) is 5.32 Å². The molecule has 0 aliphatic rings. The van der Waals surface area contributed by atoms with Crippen LogP contribution in [0.1, 0.15) is 12.8 Å². The molecule has 1 N–H and O–H groups in total. The van der Waals surface area contributed by atoms with Crippen molar-refractivity contribution in [3.63, 3.8) is 0 Å². The van der Waals surface area contributed by atoms with Gasteiger partial charge in [-0.2, -0.15) is 0 Å². The summed E-state index contributed by atoms with van der Waals surface area (Å²) in [5, 5.41) is 13.0. The van der Waals surface area contributed by atoms with Crippen molar-refractivity contribution in [3.8, 4) is 11.5 Å². The van der Waals surface area contributed by atoms with E-state index in [1.807, 2.05) is 18.2 Å². The first-order valence-electron chi connectivity index (χ1n) is 6.47. The van der Waals surface area contributed by atoms with E-state index < -0.39 is 11.9 Å². The second-order valence-electron chi connectivity index (χ2n) is 4.33. The zero-order valence-corrected chi connectivity index (χ0v) is 11.2. The monoisotopic (exact) mass is 284 g/mol. The number of ether oxygens (including phenoxy) is 1. The van der Waals surface area contributed by atoms with E-state index in [4.69, 9.17) is 4.74 Å². The molecule has 0 spiro atoms. The van der Waals surface area contributed by atoms with Crippen molar-refractivity contribution in [1.82, 2.24) is 0 Å². The molecule has 0 heterocycles. The zero-order valence-electron chi connectivity index (χ0n) is 11.2. The summed E-state index contributed by atoms with van der Waals surface area (Å²) >= 11 is 0. The molecule has 108 valence electrons. The Hall–Kier alpha value is -2.82. The summed E-state index contributed by atoms with van der Waals surface area (Å²) in [5.74, 6) is -0.512. The summed E-state index contributed by atoms with van der Waals surface area (Å²) in [6, 6.07) is 16.1. The highest BCUT2D eigenvalue weighted by atomic mass is 16.5. The van der Waals surface area contributed by atoms with Crippen LogP contribution in [0.15, 0.2) is 54.6 Å². The predicted octanol–water partition coefficient (Wildman–Crippen LogP) is 1.95. The van der Waals surface area contributed by atoms with Crippen molar-refractivity contribution < 1.29 is 19.4 Å². The molecular formula is C16H14NO4-. The minimum absolute atomic E-state index is 0.137. The van der Waals surface area contributed by atoms with Crippen LogP contribution in [0.5, 0.6) is 11.5 Å². The SMILES string of the molecule is O=C([O-])CCC(=O)Nc1ccccc1Oc1ccccc1. The summed E-state index contributed by atoms with van der Waals surface area (Å²) in [7, 11) is 0. The number of amides is 1. The minimum Gasteiger partial charge on any atom is -0.550 e. The number of nitrogens with one attached hydrogen (secondary N) is 1. The number of carbonyl (C=O) groups excluding carboxylic acids is 2. The Morgan fingerprint density at radius 1 is 0.952 bits per heavy atom. The van der Waals surface area contributed by atoms with Gasteiger partial charge in [0.1, 0.15) is 5.75 Å². The number of carbonyl (C=O) groups is 2. The molecular weight excluding hydrogens is 270 g/mol. The van der Waals surface area contributed by atoms with Crippen LogP contribution in [0.2, 0.25) is 0 Å². The zero-order chi connectivity index (χ0) is 15.1. The van der Waals surface area contributed by atoms with Crippen LogP contribution in [-0.4, -0.2) is 11.9 Å². The number of carboxylic acids is 1. The molecule has 0 aromatic heterocycles. The first-order chi connectivity index (χ1) is 10.1. The van der Waals surface area contributed by atoms with Crippen molar-refractivity contribution in [3.05, 3.63) is 54.6 Å². The summed E-state index contributed by atoms with van der Waals surface area (Å²) in [5.41, 5.74) is 0.490. The summed E-state index contributed by atoms with van der Waals surface area (Å²) in [6.45, 7) is 0. The lowest BCUT2D eigenvalue weighted by atomic mass is 10.2. The Labute approximate surface area is 122 Å². The van der Waals surface area contributed by atoms with Crippen LogP contribution in [0.4, 0.5) is 5.69 Å². The first-order valence-corrected chi connectivity index (χ1v) is 6.47. The average Bonchev–Trinajstić information content (AvgIpc) is 2.48. The Bertz CT molecular complexity index is 625. The molecule has 2 aromatic rings. The molecule has 0 aliphatic heterocycles. The van der Waals surface area contributed by atoms with Gasteiger partial charge < -0.3 is 20.0 Å². The van der Waals surface area contributed by atoms with Gasteiger partial charge in [-0.15, -0.1) is 0 Å². The fourth-order valence-corrected chi connectivity index (χ4v) is 1.70. The Balaban J connectivity index is 2.06. The Kier molecular flexibility index (Phi) is 4.93. The van der Waals surface area contributed by atoms with Gasteiger partial charge in [-0.3, -0.25) is 4.79 Å². The predicted molar refractivity (Wildman–Crippen MR) is 75.8 cm³/mol. The van der Waals surface area contributed by atoms with Gasteiger partial charge >= 0.3 is 0 Å². The molecule has 1 amide bonds. The van der Waals surface area contributed by atoms with Gasteiger partial charge in [-0.05, 0) is 30.7 Å². The van der Waals surface area contributed by atoms with Gasteiger partial charge in [-0.25, -0.2) is 0 Å². The maximum absolute atomic E-state index is 11.7. The van der Waals surface area contributed by atoms with Crippen molar-refractivity contribution in [1.29, 1.82) is 0 Å². The molecule has 0 atom stereocenters. The quantitative estimate of drug-likeness (QED) is 0.879. The maximum atomic E-state index is 11.7. The molecule has 5 heteroatoms. The fourth-order valence-electron chi connectivity index (χ4n) is 1.70. The molecule has 0 aliphatic carbocycles. The van der Waals surface area contributed by atoms with Gasteiger partial charge in [0.25, 0.3) is 0 Å². The summed E-state index contributed by atoms with van der Waals surface area (Å²) in [6.07, 6.45) is -0.449. The van der Waals surface area contributed by atoms with Crippen LogP contribution in [0.25, 0.3) is 0 Å². The van der Waals surface area contributed by atoms with Gasteiger partial charge in [-0.1, -0.05) is 30.3 Å². The number of hydrogen-bond donors (Lipinski definition) is 1. The molecule has 2 rings (SSSR count). The van der Waals surface area contributed by atoms with E-state index in [1.165, 1.54) is 0 Å². The standard InChI is InChI=1S/C16H15NO4/c18-15(10-11-16(19)20)17-13-8-4-5-9-14(13)21-12-6-2-1-3-7-12/h1-9H,10-11H2,(H,17,18)(H,19,20)/p-1. The lowest BCUT2D eigenvalue weighted by Gasteiger charge is -2.12. The van der Waals surface area contributed by atoms with Crippen LogP contribution in [0, 0.1) is 0 Å². The number of rotatable bonds is 6. The Morgan fingerprint density at radius 3 is 2.33 bits per heavy atom. The normalized spacial score (nSPS) is 9.90. The van der Waals surface area contributed by atoms with E-state index in [-0.39, 0.29) is 12.8 Å². The number of para-hydroxylation sites is 3. The summed E-state index contributed by atoms with van der Waals surface area (Å²) in [4.78, 5) is 22.0. The van der Waals surface area contributed by atoms with Crippen molar-refractivity contribution in [2.24, 2.45) is 0 Å². The lowest BCUT2D eigenvalue weighted by Crippen LogP contribution is -2.24. The number of benzene rings is 2. The number of carboxylic acid groups (broad SMARTS) is 1. The third-order valence-electron chi connectivity index (χ3n) is 2.69. The molecule has 2 aromatic carbocycles. The van der Waals surface area contributed by atoms with Gasteiger partial charge in [0.2, 0.25) is 5.91 Å². The molecule has 0 saturated carbocycles. The van der Waals surface area contributed by atoms with E-state index in [0.717, 1.165) is 0 Å². The van der Waals surface area contributed by atoms with Crippen LogP contribution < -0.4 is 15.2 Å². The second-order valence-corrected chi connectivity index (χ2v) is 4.33. The number of aliphatic carboxylic acids is 1. The topological polar surface area (TPSA) is 78.5 Å². The minimum atomic E-state index is -1.25. The second kappa shape index (κ2) is 7.09. The molecule has 0 bridgehead atoms. The van der Waals surface area contributed by atoms with Gasteiger partial charge in [0.15, 0.2) is 5.75 Å². The first kappa shape index (κ1) is 14.6. The highest BCUT2D eigenvalue weighted by Crippen LogP contribution is 2.29. The molecule has 21 heavy (non-hydrogen) atoms. The summed E-state index contributed by atoms with van der Waals surface area (Å²) < 4.78 is 5.69. The highest BCUT2D eigenvalue weighted by Gasteiger charge is 2.08. The van der Waals surface area contributed by atoms with Gasteiger partial charge in [0.05, 0.1) is 5.69 Å². The van der Waals surface area contributed by atoms with Crippen molar-refractivity contribution >= 4 is 17.6 Å². The maximum Gasteiger partial charge on any atom is 0.224 e. The van der Waals surface area contributed by atoms with E-state index >= 15 is 0 Å². The van der Waals surface area contributed by atoms with E-state index in [2.05, 4.69) is 5.32 Å². The third kappa shape index (κ3) is 4.65. The Morgan fingerprint density at radius 2 is 1.62 bits per heavy atom. The molecule has 0 unspecified atom stereocenters. The van der Waals surface area contributed by atoms with E-state index in [1.54, 1.807) is 36.4 Å². The smallest absolute Gasteiger partial charge is 0.224 e. The largest absolute Gasteiger partial charge is 0.550 e. The van der Waals surface area contributed by atoms with Gasteiger partial charge in [0, 0.05) is 12.4 Å². The van der Waals surface area contributed by atoms with Crippen molar-refractivity contribution in [2.45, 2.75) is 12.8 Å². The molecule has 0 saturated heterocycles. The van der Waals surface area contributed by atoms with E-state index in [0.29, 0.717) is 17.2 Å². The highest BCUT2D eigenvalue weighted by molar-refractivity contribution is 5.93. The van der Waals surface area contributed by atoms with E-state index in [9.17, 15) is 14.7 Å². The molecule has 0 radical (unpaired) electrons. The molecule has 5 nitrogen and oxygen atoms in total. The van der Waals surface area contributed by atoms with Crippen LogP contribution in [-0.2, 0) is 9.59 Å². The third-order valence-corrected chi connectivity index (χ3v) is 2.69. The van der Waals surface area contributed by atoms with Crippen LogP contribution >= 0.6 is 0 Å². The number of anilines is 1. The molecule has 0 fully saturated rings.